The summed E-state index contributed by atoms with van der Waals surface area (Å²) in [6.45, 7) is 2.28. The first-order valence-electron chi connectivity index (χ1n) is 13.8. The first kappa shape index (κ1) is 24.8. The minimum atomic E-state index is -0.673. The first-order chi connectivity index (χ1) is 20.2. The van der Waals surface area contributed by atoms with Crippen LogP contribution in [-0.2, 0) is 5.54 Å². The van der Waals surface area contributed by atoms with Gasteiger partial charge >= 0.3 is 0 Å². The molecule has 0 saturated heterocycles. The van der Waals surface area contributed by atoms with Crippen molar-refractivity contribution in [1.82, 2.24) is 9.55 Å². The Hall–Kier alpha value is -5.22. The molecular weight excluding hydrogens is 504 g/mol. The Morgan fingerprint density at radius 3 is 1.90 bits per heavy atom. The maximum absolute atomic E-state index is 13.8. The van der Waals surface area contributed by atoms with Crippen molar-refractivity contribution in [2.24, 2.45) is 0 Å². The normalized spacial score (nSPS) is 14.2. The highest BCUT2D eigenvalue weighted by atomic mass is 16.5. The molecule has 1 aliphatic rings. The Morgan fingerprint density at radius 1 is 0.732 bits per heavy atom. The minimum absolute atomic E-state index is 0.0163. The van der Waals surface area contributed by atoms with Crippen LogP contribution in [0.4, 0.5) is 0 Å². The van der Waals surface area contributed by atoms with Crippen molar-refractivity contribution >= 4 is 22.6 Å². The van der Waals surface area contributed by atoms with Gasteiger partial charge in [-0.2, -0.15) is 0 Å². The van der Waals surface area contributed by atoms with Gasteiger partial charge in [-0.15, -0.1) is 0 Å². The van der Waals surface area contributed by atoms with Crippen molar-refractivity contribution < 1.29 is 9.53 Å². The van der Waals surface area contributed by atoms with Crippen LogP contribution in [-0.4, -0.2) is 21.9 Å². The highest BCUT2D eigenvalue weighted by Gasteiger charge is 2.39. The van der Waals surface area contributed by atoms with E-state index >= 15 is 0 Å². The number of imidazole rings is 1. The fourth-order valence-electron chi connectivity index (χ4n) is 6.12. The van der Waals surface area contributed by atoms with Gasteiger partial charge in [-0.3, -0.25) is 4.79 Å². The molecule has 198 valence electrons. The molecule has 0 bridgehead atoms. The van der Waals surface area contributed by atoms with Crippen LogP contribution in [0.1, 0.15) is 38.4 Å². The van der Waals surface area contributed by atoms with Crippen molar-refractivity contribution in [2.75, 3.05) is 6.61 Å². The molecule has 7 rings (SSSR count). The number of carbonyl (C=O) groups is 1. The van der Waals surface area contributed by atoms with E-state index in [2.05, 4.69) is 84.3 Å². The van der Waals surface area contributed by atoms with Crippen LogP contribution in [0.2, 0.25) is 0 Å². The summed E-state index contributed by atoms with van der Waals surface area (Å²) in [5, 5.41) is 1.92. The summed E-state index contributed by atoms with van der Waals surface area (Å²) in [6, 6.07) is 43.4. The van der Waals surface area contributed by atoms with Gasteiger partial charge in [-0.05, 0) is 46.5 Å². The van der Waals surface area contributed by atoms with Crippen LogP contribution in [0.15, 0.2) is 139 Å². The average molecular weight is 533 g/mol. The number of Topliss-reactive ketones (excluding diaryl/α,β-unsaturated/α-hetero) is 1. The third-order valence-corrected chi connectivity index (χ3v) is 8.08. The van der Waals surface area contributed by atoms with Gasteiger partial charge in [0.25, 0.3) is 0 Å². The smallest absolute Gasteiger partial charge is 0.196 e. The maximum atomic E-state index is 13.8. The van der Waals surface area contributed by atoms with E-state index in [1.54, 1.807) is 0 Å². The summed E-state index contributed by atoms with van der Waals surface area (Å²) < 4.78 is 8.32. The lowest BCUT2D eigenvalue weighted by atomic mass is 9.76. The second kappa shape index (κ2) is 10.1. The molecular formula is C37H28N2O2. The predicted molar refractivity (Wildman–Crippen MR) is 163 cm³/mol. The van der Waals surface area contributed by atoms with Gasteiger partial charge in [0.1, 0.15) is 17.9 Å². The molecule has 41 heavy (non-hydrogen) atoms. The Kier molecular flexibility index (Phi) is 6.09. The average Bonchev–Trinajstić information content (AvgIpc) is 3.40. The molecule has 2 heterocycles. The lowest BCUT2D eigenvalue weighted by Crippen LogP contribution is -2.38. The molecule has 0 fully saturated rings. The van der Waals surface area contributed by atoms with Gasteiger partial charge in [-0.1, -0.05) is 121 Å². The second-order valence-electron chi connectivity index (χ2n) is 10.3. The highest BCUT2D eigenvalue weighted by molar-refractivity contribution is 6.20. The molecule has 0 N–H and O–H groups in total. The van der Waals surface area contributed by atoms with Crippen LogP contribution in [0, 0.1) is 6.92 Å². The fourth-order valence-corrected chi connectivity index (χ4v) is 6.12. The molecule has 0 aliphatic carbocycles. The minimum Gasteiger partial charge on any atom is -0.488 e. The van der Waals surface area contributed by atoms with Crippen LogP contribution >= 0.6 is 0 Å². The lowest BCUT2D eigenvalue weighted by Gasteiger charge is -2.38. The van der Waals surface area contributed by atoms with E-state index < -0.39 is 5.54 Å². The largest absolute Gasteiger partial charge is 0.488 e. The lowest BCUT2D eigenvalue weighted by molar-refractivity contribution is 0.100. The number of fused-ring (bicyclic) bond motifs is 3. The number of hydrogen-bond acceptors (Lipinski definition) is 3. The van der Waals surface area contributed by atoms with E-state index in [0.717, 1.165) is 38.9 Å². The number of ether oxygens (including phenoxy) is 1. The van der Waals surface area contributed by atoms with Crippen molar-refractivity contribution in [1.29, 1.82) is 0 Å². The molecule has 1 aromatic heterocycles. The van der Waals surface area contributed by atoms with Gasteiger partial charge in [-0.25, -0.2) is 4.98 Å². The predicted octanol–water partition coefficient (Wildman–Crippen LogP) is 7.84. The summed E-state index contributed by atoms with van der Waals surface area (Å²) in [6.07, 6.45) is 3.79. The van der Waals surface area contributed by atoms with Gasteiger partial charge in [0.15, 0.2) is 5.78 Å². The number of benzene rings is 5. The van der Waals surface area contributed by atoms with Crippen molar-refractivity contribution in [3.8, 4) is 5.75 Å². The fraction of sp³-hybridized carbons (Fsp3) is 0.0811. The molecule has 4 nitrogen and oxygen atoms in total. The van der Waals surface area contributed by atoms with Crippen molar-refractivity contribution in [2.45, 2.75) is 12.5 Å². The summed E-state index contributed by atoms with van der Waals surface area (Å²) >= 11 is 0. The topological polar surface area (TPSA) is 44.1 Å². The molecule has 6 aromatic rings. The van der Waals surface area contributed by atoms with Crippen molar-refractivity contribution in [3.63, 3.8) is 0 Å². The first-order valence-corrected chi connectivity index (χ1v) is 13.8. The van der Waals surface area contributed by atoms with Crippen molar-refractivity contribution in [3.05, 3.63) is 173 Å². The van der Waals surface area contributed by atoms with Crippen LogP contribution in [0.5, 0.6) is 5.75 Å². The van der Waals surface area contributed by atoms with Gasteiger partial charge in [0.05, 0.1) is 17.6 Å². The number of ketones is 1. The number of carbonyl (C=O) groups excluding carboxylic acids is 1. The van der Waals surface area contributed by atoms with E-state index in [1.165, 1.54) is 0 Å². The second-order valence-corrected chi connectivity index (χ2v) is 10.3. The Labute approximate surface area is 239 Å². The molecule has 0 radical (unpaired) electrons. The van der Waals surface area contributed by atoms with E-state index in [1.807, 2.05) is 67.0 Å². The Balaban J connectivity index is 1.41. The zero-order valence-electron chi connectivity index (χ0n) is 22.7. The molecule has 0 saturated carbocycles. The van der Waals surface area contributed by atoms with Crippen LogP contribution < -0.4 is 4.74 Å². The maximum Gasteiger partial charge on any atom is 0.196 e. The standard InChI is InChI=1S/C37H28N2O2/c1-26-33(23-28-24-41-34-22-21-27-13-11-12-20-32(27)35(34)36(28)40)38-25-39(26)37(29-14-5-2-6-15-29,30-16-7-3-8-17-30)31-18-9-4-10-19-31/h2-23,25H,24H2,1H3. The third kappa shape index (κ3) is 3.99. The molecule has 1 aliphatic heterocycles. The van der Waals surface area contributed by atoms with E-state index in [-0.39, 0.29) is 12.4 Å². The van der Waals surface area contributed by atoms with Crippen LogP contribution in [0.3, 0.4) is 0 Å². The van der Waals surface area contributed by atoms with Gasteiger partial charge < -0.3 is 9.30 Å². The summed E-state index contributed by atoms with van der Waals surface area (Å²) in [5.74, 6) is 0.613. The van der Waals surface area contributed by atoms with E-state index in [9.17, 15) is 4.79 Å². The van der Waals surface area contributed by atoms with Gasteiger partial charge in [0.2, 0.25) is 0 Å². The van der Waals surface area contributed by atoms with E-state index in [4.69, 9.17) is 9.72 Å². The Morgan fingerprint density at radius 2 is 1.29 bits per heavy atom. The summed E-state index contributed by atoms with van der Waals surface area (Å²) in [4.78, 5) is 18.7. The molecule has 0 unspecified atom stereocenters. The van der Waals surface area contributed by atoms with Crippen LogP contribution in [0.25, 0.3) is 16.8 Å². The molecule has 4 heteroatoms. The van der Waals surface area contributed by atoms with E-state index in [0.29, 0.717) is 16.9 Å². The molecule has 0 spiro atoms. The summed E-state index contributed by atoms with van der Waals surface area (Å²) in [5.41, 5.74) is 5.59. The highest BCUT2D eigenvalue weighted by Crippen LogP contribution is 2.42. The monoisotopic (exact) mass is 532 g/mol. The summed E-state index contributed by atoms with van der Waals surface area (Å²) in [7, 11) is 0. The SMILES string of the molecule is Cc1c(C=C2COc3ccc4ccccc4c3C2=O)ncn1C(c1ccccc1)(c1ccccc1)c1ccccc1. The number of hydrogen-bond donors (Lipinski definition) is 0. The number of aromatic nitrogens is 2. The van der Waals surface area contributed by atoms with Gasteiger partial charge in [0, 0.05) is 11.3 Å². The molecule has 0 atom stereocenters. The molecule has 5 aromatic carbocycles. The quantitative estimate of drug-likeness (QED) is 0.168. The molecule has 0 amide bonds. The number of rotatable bonds is 5. The third-order valence-electron chi connectivity index (χ3n) is 8.08. The Bertz CT molecular complexity index is 1810. The number of nitrogens with zero attached hydrogens (tertiary/aromatic N) is 2. The zero-order chi connectivity index (χ0) is 27.8. The zero-order valence-corrected chi connectivity index (χ0v) is 22.7.